The molecule has 3 aromatic rings. The quantitative estimate of drug-likeness (QED) is 0.687. The summed E-state index contributed by atoms with van der Waals surface area (Å²) in [5, 5.41) is 1.07. The van der Waals surface area contributed by atoms with Gasteiger partial charge in [0.2, 0.25) is 0 Å². The molecule has 2 atom stereocenters. The second-order valence-corrected chi connectivity index (χ2v) is 6.23. The highest BCUT2D eigenvalue weighted by Gasteiger charge is 2.37. The topological polar surface area (TPSA) is 39.8 Å². The van der Waals surface area contributed by atoms with E-state index in [1.54, 1.807) is 6.20 Å². The molecule has 0 bridgehead atoms. The highest BCUT2D eigenvalue weighted by molar-refractivity contribution is 6.12. The summed E-state index contributed by atoms with van der Waals surface area (Å²) in [6, 6.07) is 8.04. The normalized spacial score (nSPS) is 21.3. The molecule has 2 heterocycles. The van der Waals surface area contributed by atoms with E-state index in [0.29, 0.717) is 5.92 Å². The summed E-state index contributed by atoms with van der Waals surface area (Å²) in [5.41, 5.74) is 3.20. The maximum Gasteiger partial charge on any atom is 0.188 e. The minimum atomic E-state index is -0.143. The Morgan fingerprint density at radius 1 is 1.27 bits per heavy atom. The molecule has 0 aliphatic heterocycles. The van der Waals surface area contributed by atoms with Gasteiger partial charge in [0.15, 0.2) is 5.78 Å². The first-order valence-electron chi connectivity index (χ1n) is 7.70. The van der Waals surface area contributed by atoms with Crippen LogP contribution in [0.3, 0.4) is 0 Å². The van der Waals surface area contributed by atoms with Crippen molar-refractivity contribution in [3.05, 3.63) is 53.7 Å². The van der Waals surface area contributed by atoms with Crippen molar-refractivity contribution in [2.75, 3.05) is 0 Å². The molecule has 4 nitrogen and oxygen atoms in total. The van der Waals surface area contributed by atoms with Crippen molar-refractivity contribution in [2.45, 2.75) is 32.2 Å². The summed E-state index contributed by atoms with van der Waals surface area (Å²) in [7, 11) is 2.06. The van der Waals surface area contributed by atoms with Gasteiger partial charge in [-0.1, -0.05) is 25.1 Å². The largest absolute Gasteiger partial charge is 0.347 e. The average Bonchev–Trinajstić information content (AvgIpc) is 3.06. The standard InChI is InChI=1S/C18H19N3O/c1-11-10-15(21-9-8-19-12(21)2)18(22)16-13-6-4-5-7-14(13)20(3)17(11)16/h4-9,11,15H,10H2,1-3H3. The lowest BCUT2D eigenvalue weighted by atomic mass is 9.83. The molecular weight excluding hydrogens is 274 g/mol. The van der Waals surface area contributed by atoms with Crippen molar-refractivity contribution >= 4 is 16.7 Å². The van der Waals surface area contributed by atoms with E-state index in [4.69, 9.17) is 0 Å². The lowest BCUT2D eigenvalue weighted by Gasteiger charge is -2.29. The van der Waals surface area contributed by atoms with Crippen LogP contribution in [0.2, 0.25) is 0 Å². The number of aryl methyl sites for hydroxylation is 2. The molecular formula is C18H19N3O. The number of hydrogen-bond acceptors (Lipinski definition) is 2. The maximum atomic E-state index is 13.2. The number of nitrogens with zero attached hydrogens (tertiary/aromatic N) is 3. The molecule has 1 aromatic carbocycles. The Kier molecular flexibility index (Phi) is 2.76. The molecule has 2 unspecified atom stereocenters. The summed E-state index contributed by atoms with van der Waals surface area (Å²) in [6.45, 7) is 4.17. The second-order valence-electron chi connectivity index (χ2n) is 6.23. The van der Waals surface area contributed by atoms with Crippen molar-refractivity contribution < 1.29 is 4.79 Å². The third-order valence-electron chi connectivity index (χ3n) is 4.94. The van der Waals surface area contributed by atoms with Crippen LogP contribution in [0, 0.1) is 6.92 Å². The first kappa shape index (κ1) is 13.3. The number of aromatic nitrogens is 3. The number of Topliss-reactive ketones (excluding diaryl/α,β-unsaturated/α-hetero) is 1. The van der Waals surface area contributed by atoms with E-state index < -0.39 is 0 Å². The van der Waals surface area contributed by atoms with Crippen LogP contribution in [-0.4, -0.2) is 19.9 Å². The number of carbonyl (C=O) groups is 1. The minimum Gasteiger partial charge on any atom is -0.347 e. The van der Waals surface area contributed by atoms with Crippen LogP contribution in [0.4, 0.5) is 0 Å². The van der Waals surface area contributed by atoms with E-state index in [-0.39, 0.29) is 11.8 Å². The summed E-state index contributed by atoms with van der Waals surface area (Å²) in [5.74, 6) is 1.46. The number of rotatable bonds is 1. The SMILES string of the molecule is Cc1nccn1C1CC(C)c2c(c3ccccc3n2C)C1=O. The zero-order valence-corrected chi connectivity index (χ0v) is 13.1. The smallest absolute Gasteiger partial charge is 0.188 e. The van der Waals surface area contributed by atoms with Crippen LogP contribution in [0.1, 0.15) is 47.2 Å². The first-order valence-corrected chi connectivity index (χ1v) is 7.70. The fraction of sp³-hybridized carbons (Fsp3) is 0.333. The van der Waals surface area contributed by atoms with Gasteiger partial charge >= 0.3 is 0 Å². The predicted octanol–water partition coefficient (Wildman–Crippen LogP) is 3.61. The van der Waals surface area contributed by atoms with E-state index >= 15 is 0 Å². The predicted molar refractivity (Wildman–Crippen MR) is 86.3 cm³/mol. The maximum absolute atomic E-state index is 13.2. The molecule has 2 aromatic heterocycles. The number of hydrogen-bond donors (Lipinski definition) is 0. The molecule has 1 aliphatic carbocycles. The molecule has 112 valence electrons. The van der Waals surface area contributed by atoms with Gasteiger partial charge in [0.05, 0.1) is 6.04 Å². The van der Waals surface area contributed by atoms with Gasteiger partial charge in [0.1, 0.15) is 5.82 Å². The number of para-hydroxylation sites is 1. The molecule has 0 saturated carbocycles. The van der Waals surface area contributed by atoms with Gasteiger partial charge in [0.25, 0.3) is 0 Å². The van der Waals surface area contributed by atoms with Crippen molar-refractivity contribution in [1.29, 1.82) is 0 Å². The number of ketones is 1. The molecule has 0 saturated heterocycles. The third-order valence-corrected chi connectivity index (χ3v) is 4.94. The monoisotopic (exact) mass is 293 g/mol. The minimum absolute atomic E-state index is 0.143. The van der Waals surface area contributed by atoms with Crippen molar-refractivity contribution in [2.24, 2.45) is 7.05 Å². The summed E-state index contributed by atoms with van der Waals surface area (Å²) in [6.07, 6.45) is 4.51. The van der Waals surface area contributed by atoms with Gasteiger partial charge in [-0.2, -0.15) is 0 Å². The molecule has 1 aliphatic rings. The van der Waals surface area contributed by atoms with Crippen molar-refractivity contribution in [3.8, 4) is 0 Å². The number of imidazole rings is 1. The summed E-state index contributed by atoms with van der Waals surface area (Å²) in [4.78, 5) is 17.5. The van der Waals surface area contributed by atoms with E-state index in [1.165, 1.54) is 5.69 Å². The second kappa shape index (κ2) is 4.57. The number of benzene rings is 1. The molecule has 22 heavy (non-hydrogen) atoms. The average molecular weight is 293 g/mol. The molecule has 4 rings (SSSR count). The van der Waals surface area contributed by atoms with Gasteiger partial charge in [-0.05, 0) is 25.3 Å². The lowest BCUT2D eigenvalue weighted by Crippen LogP contribution is -2.28. The highest BCUT2D eigenvalue weighted by atomic mass is 16.1. The van der Waals surface area contributed by atoms with Crippen LogP contribution in [0.25, 0.3) is 10.9 Å². The molecule has 4 heteroatoms. The van der Waals surface area contributed by atoms with Gasteiger partial charge in [-0.15, -0.1) is 0 Å². The lowest BCUT2D eigenvalue weighted by molar-refractivity contribution is 0.0899. The Morgan fingerprint density at radius 2 is 2.05 bits per heavy atom. The highest BCUT2D eigenvalue weighted by Crippen LogP contribution is 2.41. The Bertz CT molecular complexity index is 887. The van der Waals surface area contributed by atoms with E-state index in [1.807, 2.05) is 29.8 Å². The zero-order chi connectivity index (χ0) is 15.4. The van der Waals surface area contributed by atoms with Gasteiger partial charge in [-0.25, -0.2) is 4.98 Å². The summed E-state index contributed by atoms with van der Waals surface area (Å²) < 4.78 is 4.20. The van der Waals surface area contributed by atoms with Gasteiger partial charge in [-0.3, -0.25) is 4.79 Å². The van der Waals surface area contributed by atoms with Crippen LogP contribution in [-0.2, 0) is 7.05 Å². The first-order chi connectivity index (χ1) is 10.6. The number of carbonyl (C=O) groups excluding carboxylic acids is 1. The Balaban J connectivity index is 1.97. The molecule has 0 amide bonds. The Labute approximate surface area is 129 Å². The van der Waals surface area contributed by atoms with Gasteiger partial charge in [0, 0.05) is 41.6 Å². The van der Waals surface area contributed by atoms with E-state index in [0.717, 1.165) is 28.7 Å². The fourth-order valence-electron chi connectivity index (χ4n) is 3.93. The third kappa shape index (κ3) is 1.64. The Hall–Kier alpha value is -2.36. The van der Waals surface area contributed by atoms with Crippen molar-refractivity contribution in [3.63, 3.8) is 0 Å². The van der Waals surface area contributed by atoms with Crippen LogP contribution >= 0.6 is 0 Å². The van der Waals surface area contributed by atoms with Crippen LogP contribution in [0.15, 0.2) is 36.7 Å². The molecule has 0 spiro atoms. The van der Waals surface area contributed by atoms with E-state index in [2.05, 4.69) is 35.7 Å². The van der Waals surface area contributed by atoms with Crippen LogP contribution in [0.5, 0.6) is 0 Å². The van der Waals surface area contributed by atoms with E-state index in [9.17, 15) is 4.79 Å². The molecule has 0 radical (unpaired) electrons. The van der Waals surface area contributed by atoms with Crippen LogP contribution < -0.4 is 0 Å². The fourth-order valence-corrected chi connectivity index (χ4v) is 3.93. The number of fused-ring (bicyclic) bond motifs is 3. The summed E-state index contributed by atoms with van der Waals surface area (Å²) >= 11 is 0. The molecule has 0 N–H and O–H groups in total. The zero-order valence-electron chi connectivity index (χ0n) is 13.1. The van der Waals surface area contributed by atoms with Gasteiger partial charge < -0.3 is 9.13 Å². The van der Waals surface area contributed by atoms with Crippen molar-refractivity contribution in [1.82, 2.24) is 14.1 Å². The molecule has 0 fully saturated rings. The Morgan fingerprint density at radius 3 is 2.77 bits per heavy atom.